The quantitative estimate of drug-likeness (QED) is 0.164. The van der Waals surface area contributed by atoms with Crippen molar-refractivity contribution in [3.63, 3.8) is 0 Å². The standard InChI is InChI=1S/C39H32NO2PS/c41-39(35-28-16-17-29-36(35)43(32-22-10-3-11-23-32)33-24-12-4-13-25-33)40-37(30-18-6-1-7-19-30)38(31-20-8-2-9-21-31)44(42)34-26-14-5-15-27-34/h1-29,37-38H,(H,40,41). The van der Waals surface area contributed by atoms with Gasteiger partial charge >= 0.3 is 0 Å². The predicted molar refractivity (Wildman–Crippen MR) is 184 cm³/mol. The average Bonchev–Trinajstić information content (AvgIpc) is 3.10. The zero-order chi connectivity index (χ0) is 30.1. The third-order valence-corrected chi connectivity index (χ3v) is 11.7. The molecular formula is C39H32NO2PS. The van der Waals surface area contributed by atoms with Gasteiger partial charge in [-0.3, -0.25) is 9.00 Å². The second-order valence-electron chi connectivity index (χ2n) is 10.3. The first-order valence-corrected chi connectivity index (χ1v) is 17.1. The fourth-order valence-electron chi connectivity index (χ4n) is 5.44. The number of nitrogens with one attached hydrogen (secondary N) is 1. The molecule has 3 unspecified atom stereocenters. The molecule has 0 bridgehead atoms. The highest BCUT2D eigenvalue weighted by molar-refractivity contribution is 7.85. The summed E-state index contributed by atoms with van der Waals surface area (Å²) in [6, 6.07) is 57.3. The van der Waals surface area contributed by atoms with E-state index in [-0.39, 0.29) is 5.91 Å². The smallest absolute Gasteiger partial charge is 0.252 e. The lowest BCUT2D eigenvalue weighted by Gasteiger charge is -2.29. The van der Waals surface area contributed by atoms with Gasteiger partial charge in [0.15, 0.2) is 0 Å². The van der Waals surface area contributed by atoms with Crippen molar-refractivity contribution < 1.29 is 9.00 Å². The van der Waals surface area contributed by atoms with E-state index in [4.69, 9.17) is 0 Å². The van der Waals surface area contributed by atoms with Crippen molar-refractivity contribution >= 4 is 40.5 Å². The molecule has 0 heterocycles. The molecule has 6 aromatic rings. The summed E-state index contributed by atoms with van der Waals surface area (Å²) in [6.07, 6.45) is 0. The van der Waals surface area contributed by atoms with Crippen LogP contribution >= 0.6 is 7.92 Å². The molecule has 6 rings (SSSR count). The first-order valence-electron chi connectivity index (χ1n) is 14.6. The van der Waals surface area contributed by atoms with Gasteiger partial charge in [-0.25, -0.2) is 0 Å². The highest BCUT2D eigenvalue weighted by Gasteiger charge is 2.33. The minimum absolute atomic E-state index is 0.195. The molecule has 44 heavy (non-hydrogen) atoms. The highest BCUT2D eigenvalue weighted by atomic mass is 32.2. The van der Waals surface area contributed by atoms with Gasteiger partial charge in [0.1, 0.15) is 0 Å². The van der Waals surface area contributed by atoms with Gasteiger partial charge in [0, 0.05) is 10.5 Å². The Morgan fingerprint density at radius 2 is 0.955 bits per heavy atom. The summed E-state index contributed by atoms with van der Waals surface area (Å²) in [5.74, 6) is -0.195. The minimum atomic E-state index is -1.46. The maximum absolute atomic E-state index is 14.5. The molecule has 1 amide bonds. The zero-order valence-corrected chi connectivity index (χ0v) is 25.8. The maximum Gasteiger partial charge on any atom is 0.252 e. The molecule has 0 spiro atoms. The summed E-state index contributed by atoms with van der Waals surface area (Å²) in [4.78, 5) is 15.2. The molecule has 216 valence electrons. The number of carbonyl (C=O) groups excluding carboxylic acids is 1. The average molecular weight is 610 g/mol. The van der Waals surface area contributed by atoms with Crippen LogP contribution in [0.5, 0.6) is 0 Å². The van der Waals surface area contributed by atoms with Gasteiger partial charge in [0.25, 0.3) is 5.91 Å². The topological polar surface area (TPSA) is 46.2 Å². The van der Waals surface area contributed by atoms with Gasteiger partial charge < -0.3 is 5.32 Å². The number of hydrogen-bond acceptors (Lipinski definition) is 2. The molecule has 6 aromatic carbocycles. The molecule has 5 heteroatoms. The molecule has 0 aliphatic rings. The Kier molecular flexibility index (Phi) is 9.52. The molecule has 0 radical (unpaired) electrons. The van der Waals surface area contributed by atoms with Crippen molar-refractivity contribution in [1.29, 1.82) is 0 Å². The fourth-order valence-corrected chi connectivity index (χ4v) is 9.48. The molecule has 0 aromatic heterocycles. The second kappa shape index (κ2) is 14.2. The van der Waals surface area contributed by atoms with E-state index in [9.17, 15) is 9.00 Å². The van der Waals surface area contributed by atoms with E-state index in [2.05, 4.69) is 35.6 Å². The van der Waals surface area contributed by atoms with E-state index in [0.717, 1.165) is 16.4 Å². The van der Waals surface area contributed by atoms with Gasteiger partial charge in [-0.15, -0.1) is 0 Å². The molecule has 0 aliphatic heterocycles. The number of carbonyl (C=O) groups is 1. The summed E-state index contributed by atoms with van der Waals surface area (Å²) in [6.45, 7) is 0. The van der Waals surface area contributed by atoms with Crippen molar-refractivity contribution in [2.45, 2.75) is 16.2 Å². The third kappa shape index (κ3) is 6.63. The van der Waals surface area contributed by atoms with Crippen LogP contribution in [0.4, 0.5) is 0 Å². The van der Waals surface area contributed by atoms with E-state index in [1.807, 2.05) is 146 Å². The fraction of sp³-hybridized carbons (Fsp3) is 0.0513. The van der Waals surface area contributed by atoms with Gasteiger partial charge in [-0.05, 0) is 53.2 Å². The Balaban J connectivity index is 1.45. The first-order chi connectivity index (χ1) is 21.7. The summed E-state index contributed by atoms with van der Waals surface area (Å²) in [7, 11) is -2.47. The monoisotopic (exact) mass is 609 g/mol. The van der Waals surface area contributed by atoms with Crippen LogP contribution in [0.3, 0.4) is 0 Å². The summed E-state index contributed by atoms with van der Waals surface area (Å²) < 4.78 is 14.4. The Hall–Kier alpha value is -4.63. The second-order valence-corrected chi connectivity index (χ2v) is 14.1. The largest absolute Gasteiger partial charge is 0.344 e. The van der Waals surface area contributed by atoms with E-state index in [0.29, 0.717) is 10.5 Å². The van der Waals surface area contributed by atoms with Crippen LogP contribution in [0.1, 0.15) is 32.8 Å². The van der Waals surface area contributed by atoms with Gasteiger partial charge in [0.2, 0.25) is 0 Å². The molecule has 3 atom stereocenters. The Morgan fingerprint density at radius 1 is 0.523 bits per heavy atom. The molecule has 1 N–H and O–H groups in total. The van der Waals surface area contributed by atoms with Crippen LogP contribution in [-0.4, -0.2) is 10.1 Å². The molecule has 0 aliphatic carbocycles. The number of hydrogen-bond donors (Lipinski definition) is 1. The summed E-state index contributed by atoms with van der Waals surface area (Å²) in [5.41, 5.74) is 2.40. The van der Waals surface area contributed by atoms with Crippen molar-refractivity contribution in [2.75, 3.05) is 0 Å². The first kappa shape index (κ1) is 29.4. The molecule has 3 nitrogen and oxygen atoms in total. The Bertz CT molecular complexity index is 1780. The van der Waals surface area contributed by atoms with Gasteiger partial charge in [0.05, 0.1) is 22.1 Å². The molecule has 0 saturated heterocycles. The number of amides is 1. The lowest BCUT2D eigenvalue weighted by atomic mass is 9.97. The van der Waals surface area contributed by atoms with Crippen molar-refractivity contribution in [3.8, 4) is 0 Å². The Labute approximate surface area is 262 Å². The third-order valence-electron chi connectivity index (χ3n) is 7.50. The zero-order valence-electron chi connectivity index (χ0n) is 24.1. The number of rotatable bonds is 10. The van der Waals surface area contributed by atoms with Crippen LogP contribution in [0.25, 0.3) is 0 Å². The lowest BCUT2D eigenvalue weighted by Crippen LogP contribution is -2.37. The maximum atomic E-state index is 14.5. The molecular weight excluding hydrogens is 577 g/mol. The SMILES string of the molecule is O=C(NC(c1ccccc1)C(c1ccccc1)S(=O)c1ccccc1)c1ccccc1P(c1ccccc1)c1ccccc1. The number of benzene rings is 6. The lowest BCUT2D eigenvalue weighted by molar-refractivity contribution is 0.0937. The summed E-state index contributed by atoms with van der Waals surface area (Å²) >= 11 is 0. The Morgan fingerprint density at radius 3 is 1.50 bits per heavy atom. The minimum Gasteiger partial charge on any atom is -0.344 e. The van der Waals surface area contributed by atoms with Crippen LogP contribution in [-0.2, 0) is 10.8 Å². The van der Waals surface area contributed by atoms with Crippen molar-refractivity contribution in [1.82, 2.24) is 5.32 Å². The van der Waals surface area contributed by atoms with E-state index < -0.39 is 30.0 Å². The van der Waals surface area contributed by atoms with Crippen LogP contribution in [0.15, 0.2) is 181 Å². The normalized spacial score (nSPS) is 13.1. The van der Waals surface area contributed by atoms with Crippen molar-refractivity contribution in [2.24, 2.45) is 0 Å². The van der Waals surface area contributed by atoms with Gasteiger partial charge in [-0.1, -0.05) is 158 Å². The van der Waals surface area contributed by atoms with E-state index in [1.165, 1.54) is 10.6 Å². The van der Waals surface area contributed by atoms with Gasteiger partial charge in [-0.2, -0.15) is 0 Å². The van der Waals surface area contributed by atoms with E-state index in [1.54, 1.807) is 0 Å². The highest BCUT2D eigenvalue weighted by Crippen LogP contribution is 2.38. The molecule has 0 saturated carbocycles. The van der Waals surface area contributed by atoms with Crippen molar-refractivity contribution in [3.05, 3.63) is 193 Å². The van der Waals surface area contributed by atoms with Crippen LogP contribution in [0, 0.1) is 0 Å². The molecule has 0 fully saturated rings. The van der Waals surface area contributed by atoms with Crippen LogP contribution < -0.4 is 21.2 Å². The summed E-state index contributed by atoms with van der Waals surface area (Å²) in [5, 5.41) is 6.16. The van der Waals surface area contributed by atoms with Crippen LogP contribution in [0.2, 0.25) is 0 Å². The predicted octanol–water partition coefficient (Wildman–Crippen LogP) is 7.47. The van der Waals surface area contributed by atoms with E-state index >= 15 is 0 Å².